The molecule has 0 saturated heterocycles. The Hall–Kier alpha value is -4.46. The molecule has 2 aliphatic rings. The Morgan fingerprint density at radius 3 is 2.14 bits per heavy atom. The van der Waals surface area contributed by atoms with Gasteiger partial charge in [0.2, 0.25) is 11.8 Å². The number of rotatable bonds is 8. The first-order valence-corrected chi connectivity index (χ1v) is 12.4. The average molecular weight is 497 g/mol. The number of anilines is 3. The second-order valence-corrected chi connectivity index (χ2v) is 9.27. The first kappa shape index (κ1) is 24.2. The van der Waals surface area contributed by atoms with Crippen LogP contribution in [0.2, 0.25) is 0 Å². The number of nitrogens with one attached hydrogen (secondary N) is 2. The van der Waals surface area contributed by atoms with Gasteiger partial charge in [-0.2, -0.15) is 0 Å². The molecule has 37 heavy (non-hydrogen) atoms. The molecule has 1 atom stereocenters. The third kappa shape index (κ3) is 4.82. The highest BCUT2D eigenvalue weighted by molar-refractivity contribution is 6.16. The summed E-state index contributed by atoms with van der Waals surface area (Å²) in [4.78, 5) is 53.7. The van der Waals surface area contributed by atoms with Crippen LogP contribution in [0.4, 0.5) is 17.1 Å². The Balaban J connectivity index is 1.18. The number of carbonyl (C=O) groups is 4. The van der Waals surface area contributed by atoms with Crippen molar-refractivity contribution in [2.45, 2.75) is 38.8 Å². The molecule has 4 amide bonds. The van der Waals surface area contributed by atoms with Crippen LogP contribution in [0.5, 0.6) is 0 Å². The van der Waals surface area contributed by atoms with Crippen LogP contribution in [0.3, 0.4) is 0 Å². The van der Waals surface area contributed by atoms with E-state index in [1.54, 1.807) is 40.1 Å². The molecule has 2 aliphatic heterocycles. The van der Waals surface area contributed by atoms with Crippen LogP contribution in [0, 0.1) is 0 Å². The highest BCUT2D eigenvalue weighted by Crippen LogP contribution is 2.45. The summed E-state index contributed by atoms with van der Waals surface area (Å²) in [6, 6.07) is 21.7. The lowest BCUT2D eigenvalue weighted by Gasteiger charge is -2.41. The number of carbonyl (C=O) groups excluding carboxylic acids is 4. The van der Waals surface area contributed by atoms with Crippen LogP contribution in [-0.2, 0) is 9.59 Å². The predicted molar refractivity (Wildman–Crippen MR) is 141 cm³/mol. The van der Waals surface area contributed by atoms with Gasteiger partial charge in [-0.3, -0.25) is 24.1 Å². The molecule has 0 unspecified atom stereocenters. The number of nitrogens with zero attached hydrogens (tertiary/aromatic N) is 2. The molecule has 0 spiro atoms. The average Bonchev–Trinajstić information content (AvgIpc) is 3.19. The van der Waals surface area contributed by atoms with Gasteiger partial charge < -0.3 is 15.5 Å². The maximum atomic E-state index is 13.4. The molecule has 8 nitrogen and oxygen atoms in total. The highest BCUT2D eigenvalue weighted by Gasteiger charge is 2.47. The van der Waals surface area contributed by atoms with E-state index in [2.05, 4.69) is 10.6 Å². The Bertz CT molecular complexity index is 1370. The van der Waals surface area contributed by atoms with Crippen LogP contribution in [0.25, 0.3) is 0 Å². The van der Waals surface area contributed by atoms with Crippen molar-refractivity contribution < 1.29 is 19.2 Å². The standard InChI is InChI=1S/C29H28N4O4/c1-19(34)30-20-14-16-21(17-15-20)31-26(35)13-3-2-8-18-32-27-22-9-4-5-10-23(22)29(37)33(27)25-12-7-6-11-24(25)28(32)36/h4-7,9-12,14-17,27H,2-3,8,13,18H2,1H3,(H,30,34)(H,31,35)/t27-/m1/s1. The van der Waals surface area contributed by atoms with E-state index in [1.807, 2.05) is 42.5 Å². The van der Waals surface area contributed by atoms with E-state index in [1.165, 1.54) is 6.92 Å². The van der Waals surface area contributed by atoms with Crippen LogP contribution >= 0.6 is 0 Å². The number of fused-ring (bicyclic) bond motifs is 5. The minimum absolute atomic E-state index is 0.0817. The lowest BCUT2D eigenvalue weighted by molar-refractivity contribution is -0.116. The zero-order valence-corrected chi connectivity index (χ0v) is 20.6. The number of hydrogen-bond acceptors (Lipinski definition) is 4. The van der Waals surface area contributed by atoms with Crippen molar-refractivity contribution >= 4 is 40.7 Å². The fraction of sp³-hybridized carbons (Fsp3) is 0.241. The van der Waals surface area contributed by atoms with Gasteiger partial charge in [0.15, 0.2) is 0 Å². The maximum absolute atomic E-state index is 13.4. The van der Waals surface area contributed by atoms with Crippen LogP contribution < -0.4 is 15.5 Å². The smallest absolute Gasteiger partial charge is 0.260 e. The molecule has 0 saturated carbocycles. The van der Waals surface area contributed by atoms with Crippen molar-refractivity contribution in [1.29, 1.82) is 0 Å². The van der Waals surface area contributed by atoms with Gasteiger partial charge in [0.25, 0.3) is 11.8 Å². The maximum Gasteiger partial charge on any atom is 0.260 e. The molecule has 5 rings (SSSR count). The fourth-order valence-electron chi connectivity index (χ4n) is 5.01. The van der Waals surface area contributed by atoms with Crippen molar-refractivity contribution in [2.24, 2.45) is 0 Å². The summed E-state index contributed by atoms with van der Waals surface area (Å²) in [6.45, 7) is 1.93. The molecule has 0 radical (unpaired) electrons. The van der Waals surface area contributed by atoms with E-state index in [4.69, 9.17) is 0 Å². The lowest BCUT2D eigenvalue weighted by atomic mass is 10.0. The van der Waals surface area contributed by atoms with E-state index in [9.17, 15) is 19.2 Å². The van der Waals surface area contributed by atoms with Gasteiger partial charge in [0, 0.05) is 42.4 Å². The third-order valence-corrected chi connectivity index (χ3v) is 6.67. The molecule has 2 N–H and O–H groups in total. The fourth-order valence-corrected chi connectivity index (χ4v) is 5.01. The van der Waals surface area contributed by atoms with Crippen molar-refractivity contribution in [3.05, 3.63) is 89.5 Å². The first-order valence-electron chi connectivity index (χ1n) is 12.4. The highest BCUT2D eigenvalue weighted by atomic mass is 16.2. The summed E-state index contributed by atoms with van der Waals surface area (Å²) in [5.41, 5.74) is 4.00. The number of unbranched alkanes of at least 4 members (excludes halogenated alkanes) is 2. The van der Waals surface area contributed by atoms with Crippen LogP contribution in [-0.4, -0.2) is 35.1 Å². The van der Waals surface area contributed by atoms with Crippen LogP contribution in [0.15, 0.2) is 72.8 Å². The number of benzene rings is 3. The summed E-state index contributed by atoms with van der Waals surface area (Å²) >= 11 is 0. The molecule has 0 aliphatic carbocycles. The zero-order chi connectivity index (χ0) is 25.9. The van der Waals surface area contributed by atoms with E-state index >= 15 is 0 Å². The third-order valence-electron chi connectivity index (χ3n) is 6.67. The lowest BCUT2D eigenvalue weighted by Crippen LogP contribution is -2.48. The van der Waals surface area contributed by atoms with E-state index < -0.39 is 6.17 Å². The Morgan fingerprint density at radius 1 is 0.757 bits per heavy atom. The summed E-state index contributed by atoms with van der Waals surface area (Å²) < 4.78 is 0. The predicted octanol–water partition coefficient (Wildman–Crippen LogP) is 4.96. The second kappa shape index (κ2) is 10.3. The molecule has 3 aromatic rings. The summed E-state index contributed by atoms with van der Waals surface area (Å²) in [7, 11) is 0. The molecule has 3 aromatic carbocycles. The van der Waals surface area contributed by atoms with Crippen molar-refractivity contribution in [3.8, 4) is 0 Å². The van der Waals surface area contributed by atoms with Gasteiger partial charge in [-0.15, -0.1) is 0 Å². The normalized spacial score (nSPS) is 15.6. The first-order chi connectivity index (χ1) is 17.9. The van der Waals surface area contributed by atoms with Gasteiger partial charge in [-0.1, -0.05) is 36.8 Å². The van der Waals surface area contributed by atoms with Crippen molar-refractivity contribution in [3.63, 3.8) is 0 Å². The number of para-hydroxylation sites is 1. The number of amides is 4. The molecule has 0 aromatic heterocycles. The zero-order valence-electron chi connectivity index (χ0n) is 20.6. The second-order valence-electron chi connectivity index (χ2n) is 9.27. The number of hydrogen-bond donors (Lipinski definition) is 2. The molecular formula is C29H28N4O4. The Labute approximate surface area is 215 Å². The van der Waals surface area contributed by atoms with Crippen LogP contribution in [0.1, 0.15) is 65.1 Å². The minimum atomic E-state index is -0.449. The molecule has 188 valence electrons. The molecule has 8 heteroatoms. The molecule has 2 heterocycles. The molecule has 0 bridgehead atoms. The van der Waals surface area contributed by atoms with E-state index in [-0.39, 0.29) is 23.6 Å². The van der Waals surface area contributed by atoms with Gasteiger partial charge in [-0.25, -0.2) is 0 Å². The van der Waals surface area contributed by atoms with Gasteiger partial charge in [-0.05, 0) is 55.3 Å². The Morgan fingerprint density at radius 2 is 1.41 bits per heavy atom. The summed E-state index contributed by atoms with van der Waals surface area (Å²) in [5, 5.41) is 5.56. The van der Waals surface area contributed by atoms with Crippen molar-refractivity contribution in [2.75, 3.05) is 22.1 Å². The summed E-state index contributed by atoms with van der Waals surface area (Å²) in [5.74, 6) is -0.408. The largest absolute Gasteiger partial charge is 0.326 e. The van der Waals surface area contributed by atoms with Crippen molar-refractivity contribution in [1.82, 2.24) is 4.90 Å². The molecule has 0 fully saturated rings. The topological polar surface area (TPSA) is 98.8 Å². The van der Waals surface area contributed by atoms with E-state index in [0.29, 0.717) is 54.0 Å². The quantitative estimate of drug-likeness (QED) is 0.431. The van der Waals surface area contributed by atoms with E-state index in [0.717, 1.165) is 12.0 Å². The summed E-state index contributed by atoms with van der Waals surface area (Å²) in [6.07, 6.45) is 2.07. The van der Waals surface area contributed by atoms with Gasteiger partial charge in [0.1, 0.15) is 6.17 Å². The van der Waals surface area contributed by atoms with Gasteiger partial charge in [0.05, 0.1) is 11.3 Å². The minimum Gasteiger partial charge on any atom is -0.326 e. The van der Waals surface area contributed by atoms with Gasteiger partial charge >= 0.3 is 0 Å². The molecular weight excluding hydrogens is 468 g/mol. The SMILES string of the molecule is CC(=O)Nc1ccc(NC(=O)CCCCCN2C(=O)c3ccccc3N3C(=O)c4ccccc4[C@H]23)cc1. The monoisotopic (exact) mass is 496 g/mol. The Kier molecular flexibility index (Phi) is 6.72.